The van der Waals surface area contributed by atoms with Crippen LogP contribution in [0, 0.1) is 22.7 Å². The van der Waals surface area contributed by atoms with Crippen LogP contribution in [-0.4, -0.2) is 58.2 Å². The molecule has 4 bridgehead atoms. The maximum absolute atomic E-state index is 12.3. The lowest BCUT2D eigenvalue weighted by Gasteiger charge is -2.78. The van der Waals surface area contributed by atoms with Gasteiger partial charge in [0.25, 0.3) is 0 Å². The van der Waals surface area contributed by atoms with Crippen molar-refractivity contribution in [1.29, 1.82) is 0 Å². The van der Waals surface area contributed by atoms with E-state index in [0.29, 0.717) is 11.8 Å². The summed E-state index contributed by atoms with van der Waals surface area (Å²) in [6.45, 7) is 13.1. The maximum atomic E-state index is 12.3. The second kappa shape index (κ2) is 6.39. The van der Waals surface area contributed by atoms with Gasteiger partial charge in [0.05, 0.1) is 11.0 Å². The Morgan fingerprint density at radius 1 is 1.14 bits per heavy atom. The van der Waals surface area contributed by atoms with Gasteiger partial charge in [0, 0.05) is 36.6 Å². The predicted octanol–water partition coefficient (Wildman–Crippen LogP) is 4.80. The Balaban J connectivity index is 1.51. The van der Waals surface area contributed by atoms with Crippen LogP contribution in [0.25, 0.3) is 0 Å². The molecular weight excluding hydrogens is 438 g/mol. The molecule has 5 fully saturated rings. The molecule has 35 heavy (non-hydrogen) atoms. The van der Waals surface area contributed by atoms with E-state index < -0.39 is 16.8 Å². The van der Waals surface area contributed by atoms with Crippen LogP contribution < -0.4 is 4.74 Å². The van der Waals surface area contributed by atoms with Gasteiger partial charge in [-0.1, -0.05) is 26.8 Å². The van der Waals surface area contributed by atoms with E-state index in [1.165, 1.54) is 30.5 Å². The average Bonchev–Trinajstić information content (AvgIpc) is 3.56. The highest BCUT2D eigenvalue weighted by molar-refractivity contribution is 5.65. The molecule has 2 heterocycles. The van der Waals surface area contributed by atoms with Crippen LogP contribution in [-0.2, 0) is 16.6 Å². The molecule has 8 rings (SSSR count). The van der Waals surface area contributed by atoms with Gasteiger partial charge in [0.2, 0.25) is 0 Å². The number of aliphatic hydroxyl groups is 1. The zero-order chi connectivity index (χ0) is 24.8. The Morgan fingerprint density at radius 3 is 2.54 bits per heavy atom. The van der Waals surface area contributed by atoms with Crippen LogP contribution in [0.15, 0.2) is 12.1 Å². The number of phenols is 1. The Kier molecular flexibility index (Phi) is 4.18. The van der Waals surface area contributed by atoms with Crippen molar-refractivity contribution >= 4 is 0 Å². The summed E-state index contributed by atoms with van der Waals surface area (Å²) in [4.78, 5) is 2.82. The third-order valence-corrected chi connectivity index (χ3v) is 12.5. The zero-order valence-corrected chi connectivity index (χ0v) is 22.4. The summed E-state index contributed by atoms with van der Waals surface area (Å²) >= 11 is 0. The van der Waals surface area contributed by atoms with Gasteiger partial charge in [-0.2, -0.15) is 0 Å². The molecule has 1 saturated heterocycles. The number of benzene rings is 1. The van der Waals surface area contributed by atoms with Gasteiger partial charge in [0.1, 0.15) is 11.2 Å². The van der Waals surface area contributed by atoms with E-state index in [1.807, 2.05) is 20.1 Å². The fourth-order valence-corrected chi connectivity index (χ4v) is 10.2. The largest absolute Gasteiger partial charge is 0.504 e. The van der Waals surface area contributed by atoms with E-state index >= 15 is 0 Å². The van der Waals surface area contributed by atoms with Crippen LogP contribution in [0.3, 0.4) is 0 Å². The highest BCUT2D eigenvalue weighted by Crippen LogP contribution is 2.81. The second-order valence-electron chi connectivity index (χ2n) is 14.3. The number of methoxy groups -OCH3 is 1. The SMILES string of the molecule is CO[C@]12CC[C@@]3(C[C@@H]1[C@](C)(O)C(C)(C)C)C1Cc4ccc(O)c5c4[C@@]3(CCN1CC1CC1)[C@]2(C)O5. The van der Waals surface area contributed by atoms with E-state index in [2.05, 4.69) is 38.7 Å². The summed E-state index contributed by atoms with van der Waals surface area (Å²) in [6.07, 6.45) is 7.71. The van der Waals surface area contributed by atoms with E-state index in [4.69, 9.17) is 9.47 Å². The van der Waals surface area contributed by atoms with E-state index in [9.17, 15) is 10.2 Å². The molecule has 5 heteroatoms. The van der Waals surface area contributed by atoms with Crippen LogP contribution in [0.5, 0.6) is 11.5 Å². The number of hydrogen-bond acceptors (Lipinski definition) is 5. The third kappa shape index (κ3) is 2.26. The monoisotopic (exact) mass is 481 g/mol. The van der Waals surface area contributed by atoms with Crippen molar-refractivity contribution < 1.29 is 19.7 Å². The van der Waals surface area contributed by atoms with Gasteiger partial charge in [-0.05, 0) is 88.3 Å². The van der Waals surface area contributed by atoms with Crippen molar-refractivity contribution in [1.82, 2.24) is 4.90 Å². The Bertz CT molecular complexity index is 1100. The Morgan fingerprint density at radius 2 is 1.89 bits per heavy atom. The number of piperidine rings is 1. The number of nitrogens with zero attached hydrogens (tertiary/aromatic N) is 1. The highest BCUT2D eigenvalue weighted by Gasteiger charge is 2.86. The molecule has 7 atom stereocenters. The van der Waals surface area contributed by atoms with Crippen LogP contribution in [0.1, 0.15) is 84.3 Å². The number of likely N-dealkylation sites (tertiary alicyclic amines) is 1. The second-order valence-corrected chi connectivity index (χ2v) is 14.3. The van der Waals surface area contributed by atoms with Crippen LogP contribution >= 0.6 is 0 Å². The minimum atomic E-state index is -0.933. The normalized spacial score (nSPS) is 45.1. The van der Waals surface area contributed by atoms with Crippen molar-refractivity contribution in [3.8, 4) is 11.5 Å². The van der Waals surface area contributed by atoms with Crippen molar-refractivity contribution in [2.75, 3.05) is 20.2 Å². The fraction of sp³-hybridized carbons (Fsp3) is 0.800. The summed E-state index contributed by atoms with van der Waals surface area (Å²) in [7, 11) is 1.83. The first-order chi connectivity index (χ1) is 16.4. The molecule has 2 spiro atoms. The summed E-state index contributed by atoms with van der Waals surface area (Å²) in [6, 6.07) is 4.45. The van der Waals surface area contributed by atoms with Gasteiger partial charge in [-0.15, -0.1) is 0 Å². The summed E-state index contributed by atoms with van der Waals surface area (Å²) in [5.74, 6) is 1.74. The van der Waals surface area contributed by atoms with E-state index in [1.54, 1.807) is 0 Å². The molecule has 1 unspecified atom stereocenters. The van der Waals surface area contributed by atoms with Gasteiger partial charge in [-0.25, -0.2) is 0 Å². The summed E-state index contributed by atoms with van der Waals surface area (Å²) in [5, 5.41) is 23.4. The number of fused-ring (bicyclic) bond motifs is 2. The summed E-state index contributed by atoms with van der Waals surface area (Å²) in [5.41, 5.74) is -0.0893. The van der Waals surface area contributed by atoms with Gasteiger partial charge < -0.3 is 19.7 Å². The van der Waals surface area contributed by atoms with Crippen molar-refractivity contribution in [2.45, 2.75) is 108 Å². The molecule has 0 radical (unpaired) electrons. The number of rotatable bonds is 4. The molecular formula is C30H43NO4. The van der Waals surface area contributed by atoms with E-state index in [0.717, 1.165) is 44.6 Å². The Hall–Kier alpha value is -1.30. The molecule has 192 valence electrons. The summed E-state index contributed by atoms with van der Waals surface area (Å²) < 4.78 is 13.7. The maximum Gasteiger partial charge on any atom is 0.166 e. The molecule has 1 aromatic rings. The highest BCUT2D eigenvalue weighted by atomic mass is 16.6. The molecule has 0 amide bonds. The first-order valence-electron chi connectivity index (χ1n) is 13.9. The number of aromatic hydroxyl groups is 1. The van der Waals surface area contributed by atoms with Gasteiger partial charge in [0.15, 0.2) is 11.5 Å². The van der Waals surface area contributed by atoms with Crippen LogP contribution in [0.4, 0.5) is 0 Å². The number of ether oxygens (including phenoxy) is 2. The molecule has 0 aromatic heterocycles. The van der Waals surface area contributed by atoms with Gasteiger partial charge >= 0.3 is 0 Å². The smallest absolute Gasteiger partial charge is 0.166 e. The standard InChI is InChI=1S/C30H43NO4/c1-25(2,3)26(4,33)21-16-28-11-12-30(21,34-6)27(5)29(28)13-14-31(17-18-7-8-18)22(28)15-19-9-10-20(32)24(35-27)23(19)29/h9-10,18,21-22,32-33H,7-8,11-17H2,1-6H3/t21-,22?,26+,27+,28-,29+,30-/m1/s1. The molecule has 5 nitrogen and oxygen atoms in total. The lowest BCUT2D eigenvalue weighted by atomic mass is 9.30. The molecule has 2 N–H and O–H groups in total. The molecule has 7 aliphatic rings. The van der Waals surface area contributed by atoms with Crippen molar-refractivity contribution in [3.05, 3.63) is 23.3 Å². The van der Waals surface area contributed by atoms with Crippen molar-refractivity contribution in [2.24, 2.45) is 22.7 Å². The molecule has 4 saturated carbocycles. The number of hydrogen-bond donors (Lipinski definition) is 2. The van der Waals surface area contributed by atoms with E-state index in [-0.39, 0.29) is 27.9 Å². The Labute approximate surface area is 210 Å². The lowest BCUT2D eigenvalue weighted by Crippen LogP contribution is -2.87. The topological polar surface area (TPSA) is 62.2 Å². The molecule has 5 aliphatic carbocycles. The quantitative estimate of drug-likeness (QED) is 0.647. The van der Waals surface area contributed by atoms with Gasteiger partial charge in [-0.3, -0.25) is 4.90 Å². The third-order valence-electron chi connectivity index (χ3n) is 12.5. The first kappa shape index (κ1) is 22.9. The minimum Gasteiger partial charge on any atom is -0.504 e. The fourth-order valence-electron chi connectivity index (χ4n) is 10.2. The zero-order valence-electron chi connectivity index (χ0n) is 22.4. The minimum absolute atomic E-state index is 0.00111. The molecule has 2 aliphatic heterocycles. The number of phenolic OH excluding ortho intramolecular Hbond substituents is 1. The first-order valence-corrected chi connectivity index (χ1v) is 13.9. The van der Waals surface area contributed by atoms with Crippen molar-refractivity contribution in [3.63, 3.8) is 0 Å². The predicted molar refractivity (Wildman–Crippen MR) is 135 cm³/mol. The van der Waals surface area contributed by atoms with Crippen LogP contribution in [0.2, 0.25) is 0 Å². The average molecular weight is 482 g/mol. The molecule has 1 aromatic carbocycles. The lowest BCUT2D eigenvalue weighted by molar-refractivity contribution is -0.345.